The van der Waals surface area contributed by atoms with Crippen molar-refractivity contribution in [3.05, 3.63) is 48.3 Å². The Labute approximate surface area is 144 Å². The summed E-state index contributed by atoms with van der Waals surface area (Å²) in [5.41, 5.74) is 2.33. The number of methoxy groups -OCH3 is 1. The van der Waals surface area contributed by atoms with Gasteiger partial charge in [0, 0.05) is 32.1 Å². The van der Waals surface area contributed by atoms with Crippen LogP contribution in [0.4, 0.5) is 0 Å². The topological polar surface area (TPSA) is 43.2 Å². The summed E-state index contributed by atoms with van der Waals surface area (Å²) in [6.45, 7) is 1.48. The fraction of sp³-hybridized carbons (Fsp3) is 0.579. The molecule has 0 spiro atoms. The van der Waals surface area contributed by atoms with Gasteiger partial charge in [-0.25, -0.2) is 4.98 Å². The number of nitrogens with zero attached hydrogens (tertiary/aromatic N) is 4. The smallest absolute Gasteiger partial charge is 0.0951 e. The molecule has 1 unspecified atom stereocenters. The van der Waals surface area contributed by atoms with Gasteiger partial charge in [0.25, 0.3) is 0 Å². The predicted molar refractivity (Wildman–Crippen MR) is 94.7 cm³/mol. The molecule has 0 bridgehead atoms. The lowest BCUT2D eigenvalue weighted by Crippen LogP contribution is -2.29. The van der Waals surface area contributed by atoms with Crippen LogP contribution in [0, 0.1) is 0 Å². The highest BCUT2D eigenvalue weighted by Crippen LogP contribution is 2.30. The molecule has 2 aromatic rings. The SMILES string of the molecule is COCC(c1ccccn1)N(C)Cc1cncn1C1CCCCC1. The number of imidazole rings is 1. The molecule has 1 atom stereocenters. The average molecular weight is 328 g/mol. The number of pyridine rings is 1. The first-order valence-corrected chi connectivity index (χ1v) is 8.90. The minimum Gasteiger partial charge on any atom is -0.383 e. The van der Waals surface area contributed by atoms with E-state index in [0.717, 1.165) is 12.2 Å². The lowest BCUT2D eigenvalue weighted by Gasteiger charge is -2.29. The first kappa shape index (κ1) is 17.1. The van der Waals surface area contributed by atoms with Crippen molar-refractivity contribution in [1.29, 1.82) is 0 Å². The zero-order valence-electron chi connectivity index (χ0n) is 14.8. The first-order chi connectivity index (χ1) is 11.8. The summed E-state index contributed by atoms with van der Waals surface area (Å²) in [4.78, 5) is 11.2. The lowest BCUT2D eigenvalue weighted by atomic mass is 9.95. The third kappa shape index (κ3) is 4.02. The van der Waals surface area contributed by atoms with Gasteiger partial charge in [-0.3, -0.25) is 9.88 Å². The van der Waals surface area contributed by atoms with Crippen LogP contribution < -0.4 is 0 Å². The molecule has 2 heterocycles. The van der Waals surface area contributed by atoms with Gasteiger partial charge < -0.3 is 9.30 Å². The van der Waals surface area contributed by atoms with E-state index >= 15 is 0 Å². The van der Waals surface area contributed by atoms with Gasteiger partial charge in [0.2, 0.25) is 0 Å². The van der Waals surface area contributed by atoms with E-state index in [-0.39, 0.29) is 6.04 Å². The molecular weight excluding hydrogens is 300 g/mol. The van der Waals surface area contributed by atoms with Gasteiger partial charge >= 0.3 is 0 Å². The number of ether oxygens (including phenoxy) is 1. The molecule has 0 amide bonds. The van der Waals surface area contributed by atoms with E-state index in [2.05, 4.69) is 32.5 Å². The van der Waals surface area contributed by atoms with Gasteiger partial charge in [-0.2, -0.15) is 0 Å². The van der Waals surface area contributed by atoms with E-state index in [1.54, 1.807) is 7.11 Å². The molecule has 5 heteroatoms. The molecular formula is C19H28N4O. The van der Waals surface area contributed by atoms with Crippen molar-refractivity contribution in [2.45, 2.75) is 50.7 Å². The monoisotopic (exact) mass is 328 g/mol. The summed E-state index contributed by atoms with van der Waals surface area (Å²) in [6, 6.07) is 6.81. The molecule has 5 nitrogen and oxygen atoms in total. The van der Waals surface area contributed by atoms with Crippen LogP contribution in [0.1, 0.15) is 55.6 Å². The van der Waals surface area contributed by atoms with Crippen LogP contribution in [0.25, 0.3) is 0 Å². The van der Waals surface area contributed by atoms with E-state index in [0.29, 0.717) is 12.6 Å². The first-order valence-electron chi connectivity index (χ1n) is 8.90. The molecule has 2 aromatic heterocycles. The van der Waals surface area contributed by atoms with Crippen LogP contribution in [-0.4, -0.2) is 40.2 Å². The Morgan fingerprint density at radius 2 is 2.12 bits per heavy atom. The van der Waals surface area contributed by atoms with Crippen molar-refractivity contribution in [3.63, 3.8) is 0 Å². The quantitative estimate of drug-likeness (QED) is 0.779. The fourth-order valence-electron chi connectivity index (χ4n) is 3.68. The highest BCUT2D eigenvalue weighted by molar-refractivity contribution is 5.10. The van der Waals surface area contributed by atoms with Crippen LogP contribution >= 0.6 is 0 Å². The van der Waals surface area contributed by atoms with Crippen molar-refractivity contribution in [2.24, 2.45) is 0 Å². The Kier molecular flexibility index (Phi) is 5.99. The van der Waals surface area contributed by atoms with Gasteiger partial charge in [0.05, 0.1) is 30.4 Å². The summed E-state index contributed by atoms with van der Waals surface area (Å²) in [5.74, 6) is 0. The molecule has 1 aliphatic carbocycles. The molecule has 0 N–H and O–H groups in total. The van der Waals surface area contributed by atoms with Gasteiger partial charge in [0.1, 0.15) is 0 Å². The Morgan fingerprint density at radius 3 is 2.83 bits per heavy atom. The number of likely N-dealkylation sites (N-methyl/N-ethyl adjacent to an activating group) is 1. The minimum absolute atomic E-state index is 0.144. The Bertz CT molecular complexity index is 607. The predicted octanol–water partition coefficient (Wildman–Crippen LogP) is 3.60. The highest BCUT2D eigenvalue weighted by atomic mass is 16.5. The van der Waals surface area contributed by atoms with Gasteiger partial charge in [-0.15, -0.1) is 0 Å². The maximum absolute atomic E-state index is 5.44. The molecule has 0 aliphatic heterocycles. The summed E-state index contributed by atoms with van der Waals surface area (Å²) in [5, 5.41) is 0. The van der Waals surface area contributed by atoms with Crippen molar-refractivity contribution >= 4 is 0 Å². The summed E-state index contributed by atoms with van der Waals surface area (Å²) in [7, 11) is 3.88. The Balaban J connectivity index is 1.73. The maximum Gasteiger partial charge on any atom is 0.0951 e. The van der Waals surface area contributed by atoms with E-state index in [4.69, 9.17) is 4.74 Å². The van der Waals surface area contributed by atoms with Crippen LogP contribution in [0.5, 0.6) is 0 Å². The van der Waals surface area contributed by atoms with E-state index in [1.807, 2.05) is 30.9 Å². The molecule has 1 saturated carbocycles. The van der Waals surface area contributed by atoms with Crippen molar-refractivity contribution in [1.82, 2.24) is 19.4 Å². The molecule has 130 valence electrons. The third-order valence-corrected chi connectivity index (χ3v) is 5.01. The standard InChI is InChI=1S/C19H28N4O/c1-22(19(14-24-2)18-10-6-7-11-21-18)13-17-12-20-15-23(17)16-8-4-3-5-9-16/h6-7,10-12,15-16,19H,3-5,8-9,13-14H2,1-2H3. The normalized spacial score (nSPS) is 17.3. The van der Waals surface area contributed by atoms with Crippen LogP contribution in [0.15, 0.2) is 36.9 Å². The minimum atomic E-state index is 0.144. The number of hydrogen-bond donors (Lipinski definition) is 0. The van der Waals surface area contributed by atoms with Crippen molar-refractivity contribution in [3.8, 4) is 0 Å². The third-order valence-electron chi connectivity index (χ3n) is 5.01. The summed E-state index contributed by atoms with van der Waals surface area (Å²) < 4.78 is 7.83. The number of hydrogen-bond acceptors (Lipinski definition) is 4. The molecule has 1 aliphatic rings. The highest BCUT2D eigenvalue weighted by Gasteiger charge is 2.22. The summed E-state index contributed by atoms with van der Waals surface area (Å²) >= 11 is 0. The molecule has 1 fully saturated rings. The fourth-order valence-corrected chi connectivity index (χ4v) is 3.68. The van der Waals surface area contributed by atoms with Crippen molar-refractivity contribution < 1.29 is 4.74 Å². The second-order valence-corrected chi connectivity index (χ2v) is 6.72. The maximum atomic E-state index is 5.44. The van der Waals surface area contributed by atoms with E-state index in [9.17, 15) is 0 Å². The van der Waals surface area contributed by atoms with Gasteiger partial charge in [0.15, 0.2) is 0 Å². The van der Waals surface area contributed by atoms with Crippen LogP contribution in [0.2, 0.25) is 0 Å². The number of aromatic nitrogens is 3. The Hall–Kier alpha value is -1.72. The second kappa shape index (κ2) is 8.40. The van der Waals surface area contributed by atoms with Crippen molar-refractivity contribution in [2.75, 3.05) is 20.8 Å². The molecule has 0 radical (unpaired) electrons. The second-order valence-electron chi connectivity index (χ2n) is 6.72. The largest absolute Gasteiger partial charge is 0.383 e. The van der Waals surface area contributed by atoms with Crippen LogP contribution in [-0.2, 0) is 11.3 Å². The molecule has 0 saturated heterocycles. The zero-order chi connectivity index (χ0) is 16.8. The van der Waals surface area contributed by atoms with E-state index < -0.39 is 0 Å². The lowest BCUT2D eigenvalue weighted by molar-refractivity contribution is 0.0980. The average Bonchev–Trinajstić information content (AvgIpc) is 3.09. The zero-order valence-corrected chi connectivity index (χ0v) is 14.8. The number of rotatable bonds is 7. The van der Waals surface area contributed by atoms with E-state index in [1.165, 1.54) is 37.8 Å². The molecule has 3 rings (SSSR count). The van der Waals surface area contributed by atoms with Gasteiger partial charge in [-0.05, 0) is 32.0 Å². The molecule has 0 aromatic carbocycles. The summed E-state index contributed by atoms with van der Waals surface area (Å²) in [6.07, 6.45) is 12.4. The molecule has 24 heavy (non-hydrogen) atoms. The van der Waals surface area contributed by atoms with Crippen LogP contribution in [0.3, 0.4) is 0 Å². The van der Waals surface area contributed by atoms with Gasteiger partial charge in [-0.1, -0.05) is 25.3 Å². The Morgan fingerprint density at radius 1 is 1.29 bits per heavy atom.